The van der Waals surface area contributed by atoms with E-state index in [1.165, 1.54) is 0 Å². The van der Waals surface area contributed by atoms with E-state index >= 15 is 0 Å². The Balaban J connectivity index is 0.000000562. The number of carbonyl (C=O) groups excluding carboxylic acids is 2. The van der Waals surface area contributed by atoms with Gasteiger partial charge in [-0.2, -0.15) is 18.2 Å². The summed E-state index contributed by atoms with van der Waals surface area (Å²) in [5.41, 5.74) is 0.438. The number of Topliss-reactive ketones (excluding diaryl/α,β-unsaturated/α-hetero) is 1. The van der Waals surface area contributed by atoms with Crippen LogP contribution < -0.4 is 5.11 Å². The number of rotatable bonds is 4. The molecule has 0 aromatic heterocycles. The maximum absolute atomic E-state index is 11.4. The molecule has 1 aromatic rings. The van der Waals surface area contributed by atoms with Crippen LogP contribution in [0.1, 0.15) is 13.3 Å². The summed E-state index contributed by atoms with van der Waals surface area (Å²) in [6, 6.07) is 10.0. The predicted octanol–water partition coefficient (Wildman–Crippen LogP) is 1.65. The number of allylic oxidation sites excluding steroid dienone is 6. The molecule has 0 fully saturated rings. The fourth-order valence-electron chi connectivity index (χ4n) is 1.41. The van der Waals surface area contributed by atoms with Crippen molar-refractivity contribution < 1.29 is 36.5 Å². The van der Waals surface area contributed by atoms with Crippen molar-refractivity contribution in [3.05, 3.63) is 66.0 Å². The van der Waals surface area contributed by atoms with Crippen molar-refractivity contribution in [2.24, 2.45) is 0 Å². The molecule has 0 radical (unpaired) electrons. The van der Waals surface area contributed by atoms with Crippen molar-refractivity contribution in [2.75, 3.05) is 6.61 Å². The van der Waals surface area contributed by atoms with Crippen LogP contribution in [0.2, 0.25) is 0 Å². The van der Waals surface area contributed by atoms with E-state index in [4.69, 9.17) is 0 Å². The summed E-state index contributed by atoms with van der Waals surface area (Å²) < 4.78 is 4.48. The molecule has 112 valence electrons. The van der Waals surface area contributed by atoms with Crippen molar-refractivity contribution in [1.82, 2.24) is 0 Å². The molecule has 0 spiro atoms. The largest absolute Gasteiger partial charge is 2.00 e. The summed E-state index contributed by atoms with van der Waals surface area (Å²) in [6.07, 6.45) is 6.16. The second kappa shape index (κ2) is 10.8. The zero-order valence-corrected chi connectivity index (χ0v) is 12.7. The minimum Gasteiger partial charge on any atom is -0.875 e. The van der Waals surface area contributed by atoms with Crippen molar-refractivity contribution in [2.45, 2.75) is 13.3 Å². The molecule has 2 rings (SSSR count). The summed E-state index contributed by atoms with van der Waals surface area (Å²) in [6.45, 7) is 1.74. The Morgan fingerprint density at radius 1 is 1.19 bits per heavy atom. The van der Waals surface area contributed by atoms with Gasteiger partial charge in [-0.15, -0.1) is 5.76 Å². The van der Waals surface area contributed by atoms with E-state index in [0.717, 1.165) is 0 Å². The number of carbonyl (C=O) groups is 2. The first-order valence-electron chi connectivity index (χ1n) is 6.26. The standard InChI is InChI=1S/C11H12O4.C5H5.Fe/c1-2-15-11(14)10(13)7-9(12)8-5-3-4-6-8;1-2-4-5-3-1;/h3-6,12H,2,7H2,1H3;1-5H;/q;-1;+2/p-1. The van der Waals surface area contributed by atoms with Gasteiger partial charge >= 0.3 is 23.0 Å². The first kappa shape index (κ1) is 19.0. The molecule has 1 aromatic carbocycles. The molecule has 0 saturated heterocycles. The van der Waals surface area contributed by atoms with Gasteiger partial charge in [0.25, 0.3) is 0 Å². The summed E-state index contributed by atoms with van der Waals surface area (Å²) in [5.74, 6) is -2.11. The molecule has 1 aliphatic carbocycles. The molecule has 5 heteroatoms. The van der Waals surface area contributed by atoms with Crippen LogP contribution in [0, 0.1) is 0 Å². The molecule has 0 unspecified atom stereocenters. The Kier molecular flexibility index (Phi) is 9.76. The summed E-state index contributed by atoms with van der Waals surface area (Å²) in [7, 11) is 0. The van der Waals surface area contributed by atoms with Crippen LogP contribution in [0.15, 0.2) is 66.0 Å². The number of hydrogen-bond donors (Lipinski definition) is 0. The monoisotopic (exact) mass is 328 g/mol. The van der Waals surface area contributed by atoms with Crippen molar-refractivity contribution in [1.29, 1.82) is 0 Å². The Bertz CT molecular complexity index is 493. The molecule has 0 amide bonds. The molecule has 0 atom stereocenters. The van der Waals surface area contributed by atoms with Gasteiger partial charge in [0.2, 0.25) is 5.78 Å². The number of esters is 1. The molecule has 0 heterocycles. The maximum atomic E-state index is 11.4. The zero-order chi connectivity index (χ0) is 14.8. The molecule has 0 aliphatic heterocycles. The number of ketones is 1. The number of hydrogen-bond acceptors (Lipinski definition) is 4. The van der Waals surface area contributed by atoms with Crippen molar-refractivity contribution in [3.8, 4) is 0 Å². The van der Waals surface area contributed by atoms with Crippen LogP contribution in [-0.2, 0) is 31.4 Å². The fraction of sp³-hybridized carbons (Fsp3) is 0.188. The SMILES string of the molecule is CCOC(=O)C(=O)CC([O-])=C1C=CC=C1.[Fe+2].c1cc[cH-]c1. The van der Waals surface area contributed by atoms with E-state index in [1.807, 2.05) is 30.3 Å². The molecule has 0 saturated carbocycles. The van der Waals surface area contributed by atoms with Crippen LogP contribution >= 0.6 is 0 Å². The minimum absolute atomic E-state index is 0. The van der Waals surface area contributed by atoms with Gasteiger partial charge in [0, 0.05) is 6.42 Å². The van der Waals surface area contributed by atoms with Crippen LogP contribution in [-0.4, -0.2) is 18.4 Å². The van der Waals surface area contributed by atoms with Gasteiger partial charge in [-0.3, -0.25) is 4.79 Å². The molecular weight excluding hydrogens is 312 g/mol. The summed E-state index contributed by atoms with van der Waals surface area (Å²) in [5, 5.41) is 11.4. The molecule has 4 nitrogen and oxygen atoms in total. The van der Waals surface area contributed by atoms with Crippen molar-refractivity contribution >= 4 is 11.8 Å². The third kappa shape index (κ3) is 7.39. The van der Waals surface area contributed by atoms with Gasteiger partial charge in [-0.1, -0.05) is 24.3 Å². The van der Waals surface area contributed by atoms with Gasteiger partial charge in [0.1, 0.15) is 0 Å². The van der Waals surface area contributed by atoms with Gasteiger partial charge in [0.05, 0.1) is 6.61 Å². The molecule has 0 N–H and O–H groups in total. The maximum Gasteiger partial charge on any atom is 2.00 e. The van der Waals surface area contributed by atoms with Gasteiger partial charge in [-0.25, -0.2) is 16.9 Å². The van der Waals surface area contributed by atoms with Gasteiger partial charge in [-0.05, 0) is 12.5 Å². The zero-order valence-electron chi connectivity index (χ0n) is 11.6. The quantitative estimate of drug-likeness (QED) is 0.277. The Hall–Kier alpha value is -1.97. The smallest absolute Gasteiger partial charge is 0.875 e. The molecular formula is C16H16FeO4. The fourth-order valence-corrected chi connectivity index (χ4v) is 1.41. The Morgan fingerprint density at radius 3 is 2.19 bits per heavy atom. The van der Waals surface area contributed by atoms with Crippen LogP contribution in [0.3, 0.4) is 0 Å². The second-order valence-corrected chi connectivity index (χ2v) is 3.88. The van der Waals surface area contributed by atoms with Crippen LogP contribution in [0.25, 0.3) is 0 Å². The Morgan fingerprint density at radius 2 is 1.76 bits per heavy atom. The summed E-state index contributed by atoms with van der Waals surface area (Å²) in [4.78, 5) is 22.1. The van der Waals surface area contributed by atoms with E-state index in [2.05, 4.69) is 4.74 Å². The first-order valence-corrected chi connectivity index (χ1v) is 6.26. The Labute approximate surface area is 134 Å². The van der Waals surface area contributed by atoms with Crippen molar-refractivity contribution in [3.63, 3.8) is 0 Å². The van der Waals surface area contributed by atoms with E-state index in [1.54, 1.807) is 31.2 Å². The molecule has 1 aliphatic rings. The van der Waals surface area contributed by atoms with Crippen LogP contribution in [0.5, 0.6) is 0 Å². The number of ether oxygens (including phenoxy) is 1. The van der Waals surface area contributed by atoms with E-state index in [0.29, 0.717) is 5.57 Å². The summed E-state index contributed by atoms with van der Waals surface area (Å²) >= 11 is 0. The molecule has 0 bridgehead atoms. The normalized spacial score (nSPS) is 11.2. The van der Waals surface area contributed by atoms with Gasteiger partial charge < -0.3 is 9.84 Å². The molecule has 21 heavy (non-hydrogen) atoms. The second-order valence-electron chi connectivity index (χ2n) is 3.88. The predicted molar refractivity (Wildman–Crippen MR) is 73.6 cm³/mol. The van der Waals surface area contributed by atoms with Gasteiger partial charge in [0.15, 0.2) is 0 Å². The third-order valence-electron chi connectivity index (χ3n) is 2.36. The topological polar surface area (TPSA) is 66.4 Å². The van der Waals surface area contributed by atoms with E-state index < -0.39 is 18.2 Å². The average Bonchev–Trinajstić information content (AvgIpc) is 3.14. The first-order chi connectivity index (χ1) is 9.65. The minimum atomic E-state index is -0.947. The van der Waals surface area contributed by atoms with Crippen LogP contribution in [0.4, 0.5) is 0 Å². The third-order valence-corrected chi connectivity index (χ3v) is 2.36. The van der Waals surface area contributed by atoms with E-state index in [9.17, 15) is 14.7 Å². The average molecular weight is 328 g/mol. The van der Waals surface area contributed by atoms with E-state index in [-0.39, 0.29) is 29.4 Å².